The molecule has 1 N–H and O–H groups in total. The van der Waals surface area contributed by atoms with Gasteiger partial charge in [0.2, 0.25) is 0 Å². The van der Waals surface area contributed by atoms with Crippen LogP contribution < -0.4 is 5.32 Å². The first-order chi connectivity index (χ1) is 13.8. The van der Waals surface area contributed by atoms with Gasteiger partial charge in [-0.2, -0.15) is 4.98 Å². The maximum atomic E-state index is 5.71. The van der Waals surface area contributed by atoms with Gasteiger partial charge in [-0.3, -0.25) is 4.98 Å². The van der Waals surface area contributed by atoms with Crippen LogP contribution in [0.3, 0.4) is 0 Å². The van der Waals surface area contributed by atoms with Gasteiger partial charge in [0.1, 0.15) is 5.52 Å². The van der Waals surface area contributed by atoms with E-state index in [0.29, 0.717) is 11.9 Å². The molecule has 1 radical (unpaired) electrons. The number of para-hydroxylation sites is 2. The normalized spacial score (nSPS) is 15.0. The van der Waals surface area contributed by atoms with Crippen molar-refractivity contribution in [3.05, 3.63) is 78.8 Å². The van der Waals surface area contributed by atoms with Crippen LogP contribution in [-0.4, -0.2) is 9.97 Å². The topological polar surface area (TPSA) is 51.0 Å². The Morgan fingerprint density at radius 3 is 2.61 bits per heavy atom. The zero-order chi connectivity index (χ0) is 18.8. The van der Waals surface area contributed by atoms with Gasteiger partial charge >= 0.3 is 0 Å². The third-order valence-corrected chi connectivity index (χ3v) is 5.40. The lowest BCUT2D eigenvalue weighted by Gasteiger charge is -2.21. The van der Waals surface area contributed by atoms with Crippen LogP contribution in [0.15, 0.2) is 71.3 Å². The maximum absolute atomic E-state index is 5.71. The molecule has 1 saturated carbocycles. The number of aromatic nitrogens is 2. The van der Waals surface area contributed by atoms with Gasteiger partial charge in [-0.15, -0.1) is 0 Å². The van der Waals surface area contributed by atoms with Crippen LogP contribution in [0.5, 0.6) is 0 Å². The van der Waals surface area contributed by atoms with Crippen LogP contribution >= 0.6 is 0 Å². The Morgan fingerprint density at radius 2 is 1.86 bits per heavy atom. The standard InChI is InChI=1S/C24H22N3O/c1-2-6-17(7-3-1)18-10-12-19(13-11-18)21-15-14-20(16-25-21)26-24-27-22-8-4-5-9-23(22)28-24/h2,4-5,8-17H,1,3,6-7H2,(H,26,27)/t17-/m1/s1. The van der Waals surface area contributed by atoms with E-state index in [-0.39, 0.29) is 0 Å². The van der Waals surface area contributed by atoms with E-state index in [1.165, 1.54) is 31.2 Å². The fourth-order valence-corrected chi connectivity index (χ4v) is 3.86. The Hall–Kier alpha value is -3.14. The third-order valence-electron chi connectivity index (χ3n) is 5.40. The van der Waals surface area contributed by atoms with Crippen LogP contribution in [-0.2, 0) is 0 Å². The molecule has 0 unspecified atom stereocenters. The van der Waals surface area contributed by atoms with Crippen molar-refractivity contribution in [1.82, 2.24) is 9.97 Å². The first-order valence-electron chi connectivity index (χ1n) is 9.86. The minimum atomic E-state index is 0.476. The second-order valence-electron chi connectivity index (χ2n) is 7.32. The van der Waals surface area contributed by atoms with E-state index in [0.717, 1.165) is 28.0 Å². The van der Waals surface area contributed by atoms with Crippen molar-refractivity contribution in [1.29, 1.82) is 0 Å². The second kappa shape index (κ2) is 7.47. The van der Waals surface area contributed by atoms with Gasteiger partial charge in [0.25, 0.3) is 6.01 Å². The molecule has 0 amide bonds. The average Bonchev–Trinajstić information content (AvgIpc) is 3.17. The van der Waals surface area contributed by atoms with Gasteiger partial charge in [-0.1, -0.05) is 49.2 Å². The molecular formula is C24H22N3O. The highest BCUT2D eigenvalue weighted by Crippen LogP contribution is 2.33. The summed E-state index contributed by atoms with van der Waals surface area (Å²) in [5.74, 6) is 0.679. The van der Waals surface area contributed by atoms with Crippen molar-refractivity contribution in [2.75, 3.05) is 5.32 Å². The van der Waals surface area contributed by atoms with Crippen molar-refractivity contribution >= 4 is 22.8 Å². The maximum Gasteiger partial charge on any atom is 0.300 e. The van der Waals surface area contributed by atoms with Crippen molar-refractivity contribution in [2.24, 2.45) is 0 Å². The monoisotopic (exact) mass is 368 g/mol. The molecule has 4 aromatic rings. The smallest absolute Gasteiger partial charge is 0.300 e. The lowest BCUT2D eigenvalue weighted by Crippen LogP contribution is -2.04. The number of nitrogens with one attached hydrogen (secondary N) is 1. The van der Waals surface area contributed by atoms with Crippen LogP contribution in [0.25, 0.3) is 22.4 Å². The SMILES string of the molecule is [CH]1CCC[C@H](c2ccc(-c3ccc(Nc4nc5ccccc5o4)cn3)cc2)C1. The molecule has 1 aliphatic carbocycles. The molecule has 4 nitrogen and oxygen atoms in total. The summed E-state index contributed by atoms with van der Waals surface area (Å²) in [4.78, 5) is 9.04. The quantitative estimate of drug-likeness (QED) is 0.447. The lowest BCUT2D eigenvalue weighted by atomic mass is 9.84. The Bertz CT molecular complexity index is 1030. The highest BCUT2D eigenvalue weighted by Gasteiger charge is 2.15. The highest BCUT2D eigenvalue weighted by molar-refractivity contribution is 5.75. The van der Waals surface area contributed by atoms with Crippen molar-refractivity contribution in [3.8, 4) is 11.3 Å². The second-order valence-corrected chi connectivity index (χ2v) is 7.32. The number of pyridine rings is 1. The Morgan fingerprint density at radius 1 is 0.964 bits per heavy atom. The summed E-state index contributed by atoms with van der Waals surface area (Å²) in [6.07, 6.45) is 9.31. The summed E-state index contributed by atoms with van der Waals surface area (Å²) in [5, 5.41) is 3.18. The molecule has 5 rings (SSSR count). The molecule has 28 heavy (non-hydrogen) atoms. The first-order valence-corrected chi connectivity index (χ1v) is 9.86. The number of rotatable bonds is 4. The van der Waals surface area contributed by atoms with E-state index >= 15 is 0 Å². The summed E-state index contributed by atoms with van der Waals surface area (Å²) in [5.41, 5.74) is 6.00. The lowest BCUT2D eigenvalue weighted by molar-refractivity contribution is 0.517. The van der Waals surface area contributed by atoms with Gasteiger partial charge in [0.15, 0.2) is 5.58 Å². The van der Waals surface area contributed by atoms with Gasteiger partial charge in [-0.25, -0.2) is 0 Å². The molecule has 0 aliphatic heterocycles. The Balaban J connectivity index is 1.30. The van der Waals surface area contributed by atoms with E-state index in [1.54, 1.807) is 0 Å². The summed E-state index contributed by atoms with van der Waals surface area (Å²) < 4.78 is 5.71. The number of oxazole rings is 1. The van der Waals surface area contributed by atoms with Crippen molar-refractivity contribution in [3.63, 3.8) is 0 Å². The van der Waals surface area contributed by atoms with Gasteiger partial charge in [0.05, 0.1) is 17.6 Å². The molecular weight excluding hydrogens is 346 g/mol. The molecule has 1 fully saturated rings. The zero-order valence-electron chi connectivity index (χ0n) is 15.6. The van der Waals surface area contributed by atoms with E-state index < -0.39 is 0 Å². The van der Waals surface area contributed by atoms with Crippen LogP contribution in [0, 0.1) is 6.42 Å². The Kier molecular flexibility index (Phi) is 4.53. The van der Waals surface area contributed by atoms with Gasteiger partial charge < -0.3 is 9.73 Å². The van der Waals surface area contributed by atoms with E-state index in [2.05, 4.69) is 46.0 Å². The number of nitrogens with zero attached hydrogens (tertiary/aromatic N) is 2. The van der Waals surface area contributed by atoms with Crippen LogP contribution in [0.2, 0.25) is 0 Å². The fraction of sp³-hybridized carbons (Fsp3) is 0.208. The molecule has 0 spiro atoms. The number of hydrogen-bond donors (Lipinski definition) is 1. The van der Waals surface area contributed by atoms with Crippen LogP contribution in [0.4, 0.5) is 11.7 Å². The van der Waals surface area contributed by atoms with E-state index in [4.69, 9.17) is 4.42 Å². The molecule has 2 heterocycles. The number of anilines is 2. The average molecular weight is 368 g/mol. The first kappa shape index (κ1) is 17.0. The summed E-state index contributed by atoms with van der Waals surface area (Å²) >= 11 is 0. The summed E-state index contributed by atoms with van der Waals surface area (Å²) in [6, 6.07) is 21.1. The molecule has 2 aromatic heterocycles. The largest absolute Gasteiger partial charge is 0.423 e. The zero-order valence-corrected chi connectivity index (χ0v) is 15.6. The number of hydrogen-bond acceptors (Lipinski definition) is 4. The minimum absolute atomic E-state index is 0.476. The van der Waals surface area contributed by atoms with Crippen LogP contribution in [0.1, 0.15) is 37.2 Å². The van der Waals surface area contributed by atoms with Gasteiger partial charge in [0, 0.05) is 5.56 Å². The van der Waals surface area contributed by atoms with E-state index in [9.17, 15) is 0 Å². The predicted octanol–water partition coefficient (Wildman–Crippen LogP) is 6.50. The molecule has 139 valence electrons. The molecule has 2 aromatic carbocycles. The summed E-state index contributed by atoms with van der Waals surface area (Å²) in [7, 11) is 0. The Labute approximate surface area is 164 Å². The number of benzene rings is 2. The molecule has 0 bridgehead atoms. The highest BCUT2D eigenvalue weighted by atomic mass is 16.4. The minimum Gasteiger partial charge on any atom is -0.423 e. The molecule has 1 aliphatic rings. The molecule has 0 saturated heterocycles. The van der Waals surface area contributed by atoms with E-state index in [1.807, 2.05) is 42.6 Å². The fourth-order valence-electron chi connectivity index (χ4n) is 3.86. The van der Waals surface area contributed by atoms with Gasteiger partial charge in [-0.05, 0) is 55.0 Å². The predicted molar refractivity (Wildman–Crippen MR) is 112 cm³/mol. The molecule has 1 atom stereocenters. The third kappa shape index (κ3) is 3.50. The molecule has 4 heteroatoms. The van der Waals surface area contributed by atoms with Crippen molar-refractivity contribution < 1.29 is 4.42 Å². The summed E-state index contributed by atoms with van der Waals surface area (Å²) in [6.45, 7) is 0. The van der Waals surface area contributed by atoms with Crippen molar-refractivity contribution in [2.45, 2.75) is 31.6 Å². The number of fused-ring (bicyclic) bond motifs is 1.